The molecule has 0 atom stereocenters. The fourth-order valence-corrected chi connectivity index (χ4v) is 3.20. The molecule has 1 fully saturated rings. The van der Waals surface area contributed by atoms with Gasteiger partial charge in [-0.1, -0.05) is 12.1 Å². The Morgan fingerprint density at radius 3 is 2.44 bits per heavy atom. The van der Waals surface area contributed by atoms with Gasteiger partial charge in [0.15, 0.2) is 5.96 Å². The highest BCUT2D eigenvalue weighted by Gasteiger charge is 2.20. The summed E-state index contributed by atoms with van der Waals surface area (Å²) in [6.45, 7) is 14.1. The van der Waals surface area contributed by atoms with Crippen LogP contribution in [0.15, 0.2) is 29.3 Å². The van der Waals surface area contributed by atoms with Gasteiger partial charge in [-0.25, -0.2) is 4.39 Å². The highest BCUT2D eigenvalue weighted by atomic mass is 19.1. The largest absolute Gasteiger partial charge is 0.357 e. The van der Waals surface area contributed by atoms with Crippen LogP contribution >= 0.6 is 0 Å². The van der Waals surface area contributed by atoms with E-state index >= 15 is 0 Å². The molecule has 0 bridgehead atoms. The monoisotopic (exact) mass is 377 g/mol. The Balaban J connectivity index is 1.75. The zero-order valence-electron chi connectivity index (χ0n) is 17.3. The van der Waals surface area contributed by atoms with Crippen molar-refractivity contribution in [3.05, 3.63) is 35.6 Å². The van der Waals surface area contributed by atoms with Crippen LogP contribution in [0.2, 0.25) is 0 Å². The number of nitrogens with zero attached hydrogens (tertiary/aromatic N) is 2. The summed E-state index contributed by atoms with van der Waals surface area (Å²) in [5.74, 6) is 0.736. The molecular formula is C21H36FN5. The number of hydrogen-bond donors (Lipinski definition) is 3. The molecule has 0 aromatic heterocycles. The Bertz CT molecular complexity index is 571. The highest BCUT2D eigenvalue weighted by molar-refractivity contribution is 5.80. The molecule has 152 valence electrons. The lowest BCUT2D eigenvalue weighted by Crippen LogP contribution is -2.48. The third-order valence-electron chi connectivity index (χ3n) is 4.63. The summed E-state index contributed by atoms with van der Waals surface area (Å²) in [7, 11) is 0. The first-order chi connectivity index (χ1) is 12.9. The van der Waals surface area contributed by atoms with Gasteiger partial charge in [0.25, 0.3) is 0 Å². The number of rotatable bonds is 7. The van der Waals surface area contributed by atoms with Crippen LogP contribution in [0.4, 0.5) is 4.39 Å². The van der Waals surface area contributed by atoms with Gasteiger partial charge in [0, 0.05) is 44.3 Å². The van der Waals surface area contributed by atoms with E-state index in [1.807, 2.05) is 12.1 Å². The van der Waals surface area contributed by atoms with E-state index in [1.54, 1.807) is 0 Å². The van der Waals surface area contributed by atoms with Gasteiger partial charge in [-0.2, -0.15) is 0 Å². The smallest absolute Gasteiger partial charge is 0.191 e. The van der Waals surface area contributed by atoms with E-state index in [2.05, 4.69) is 53.5 Å². The third kappa shape index (κ3) is 8.71. The molecule has 1 aromatic rings. The Hall–Kier alpha value is -1.66. The van der Waals surface area contributed by atoms with Crippen molar-refractivity contribution in [2.45, 2.75) is 58.7 Å². The van der Waals surface area contributed by atoms with Crippen molar-refractivity contribution in [1.82, 2.24) is 20.9 Å². The van der Waals surface area contributed by atoms with E-state index < -0.39 is 0 Å². The standard InChI is InChI=1S/C21H36FN5/c1-5-23-20(24-12-13-25-21(2,3)4)26-19-10-14-27(15-11-19)16-17-6-8-18(22)9-7-17/h6-9,19,25H,5,10-16H2,1-4H3,(H2,23,24,26). The summed E-state index contributed by atoms with van der Waals surface area (Å²) in [6, 6.07) is 7.28. The Labute approximate surface area is 163 Å². The summed E-state index contributed by atoms with van der Waals surface area (Å²) in [4.78, 5) is 7.12. The number of guanidine groups is 1. The minimum atomic E-state index is -0.172. The van der Waals surface area contributed by atoms with Crippen LogP contribution in [0, 0.1) is 5.82 Å². The van der Waals surface area contributed by atoms with Crippen molar-refractivity contribution in [2.24, 2.45) is 4.99 Å². The minimum Gasteiger partial charge on any atom is -0.357 e. The van der Waals surface area contributed by atoms with Gasteiger partial charge < -0.3 is 16.0 Å². The van der Waals surface area contributed by atoms with Gasteiger partial charge in [0.2, 0.25) is 0 Å². The van der Waals surface area contributed by atoms with Crippen molar-refractivity contribution >= 4 is 5.96 Å². The first kappa shape index (κ1) is 21.6. The lowest BCUT2D eigenvalue weighted by molar-refractivity contribution is 0.198. The SMILES string of the molecule is CCNC(=NCCNC(C)(C)C)NC1CCN(Cc2ccc(F)cc2)CC1. The van der Waals surface area contributed by atoms with Crippen LogP contribution < -0.4 is 16.0 Å². The van der Waals surface area contributed by atoms with Gasteiger partial charge in [-0.05, 0) is 58.2 Å². The topological polar surface area (TPSA) is 51.7 Å². The fourth-order valence-electron chi connectivity index (χ4n) is 3.20. The van der Waals surface area contributed by atoms with Crippen LogP contribution in [0.5, 0.6) is 0 Å². The molecule has 1 heterocycles. The molecule has 0 spiro atoms. The molecule has 1 aliphatic rings. The minimum absolute atomic E-state index is 0.124. The first-order valence-electron chi connectivity index (χ1n) is 10.1. The van der Waals surface area contributed by atoms with Gasteiger partial charge in [-0.15, -0.1) is 0 Å². The van der Waals surface area contributed by atoms with Crippen molar-refractivity contribution in [2.75, 3.05) is 32.7 Å². The number of halogens is 1. The van der Waals surface area contributed by atoms with Crippen molar-refractivity contribution in [3.63, 3.8) is 0 Å². The van der Waals surface area contributed by atoms with Crippen LogP contribution in [0.1, 0.15) is 46.1 Å². The lowest BCUT2D eigenvalue weighted by atomic mass is 10.0. The van der Waals surface area contributed by atoms with Gasteiger partial charge in [0.1, 0.15) is 5.82 Å². The van der Waals surface area contributed by atoms with Crippen molar-refractivity contribution in [1.29, 1.82) is 0 Å². The molecule has 0 saturated carbocycles. The molecule has 0 unspecified atom stereocenters. The first-order valence-corrected chi connectivity index (χ1v) is 10.1. The van der Waals surface area contributed by atoms with E-state index in [9.17, 15) is 4.39 Å². The molecule has 0 amide bonds. The molecule has 0 radical (unpaired) electrons. The van der Waals surface area contributed by atoms with E-state index in [4.69, 9.17) is 0 Å². The number of hydrogen-bond acceptors (Lipinski definition) is 3. The Morgan fingerprint density at radius 2 is 1.85 bits per heavy atom. The summed E-state index contributed by atoms with van der Waals surface area (Å²) in [5, 5.41) is 10.4. The van der Waals surface area contributed by atoms with Gasteiger partial charge >= 0.3 is 0 Å². The normalized spacial score (nSPS) is 17.1. The second-order valence-corrected chi connectivity index (χ2v) is 8.26. The maximum absolute atomic E-state index is 13.0. The second-order valence-electron chi connectivity index (χ2n) is 8.26. The third-order valence-corrected chi connectivity index (χ3v) is 4.63. The van der Waals surface area contributed by atoms with E-state index in [1.165, 1.54) is 17.7 Å². The predicted octanol–water partition coefficient (Wildman–Crippen LogP) is 2.73. The number of benzene rings is 1. The van der Waals surface area contributed by atoms with Crippen LogP contribution in [0.3, 0.4) is 0 Å². The van der Waals surface area contributed by atoms with Crippen LogP contribution in [0.25, 0.3) is 0 Å². The Kier molecular flexibility index (Phi) is 8.51. The average Bonchev–Trinajstić information content (AvgIpc) is 2.61. The van der Waals surface area contributed by atoms with E-state index in [0.29, 0.717) is 6.04 Å². The number of likely N-dealkylation sites (tertiary alicyclic amines) is 1. The second kappa shape index (κ2) is 10.6. The van der Waals surface area contributed by atoms with E-state index in [-0.39, 0.29) is 11.4 Å². The van der Waals surface area contributed by atoms with Crippen LogP contribution in [-0.4, -0.2) is 55.2 Å². The van der Waals surface area contributed by atoms with Gasteiger partial charge in [-0.3, -0.25) is 9.89 Å². The number of aliphatic imine (C=N–C) groups is 1. The summed E-state index contributed by atoms with van der Waals surface area (Å²) in [5.41, 5.74) is 1.29. The predicted molar refractivity (Wildman–Crippen MR) is 112 cm³/mol. The lowest BCUT2D eigenvalue weighted by Gasteiger charge is -2.33. The molecule has 3 N–H and O–H groups in total. The molecule has 1 saturated heterocycles. The summed E-state index contributed by atoms with van der Waals surface area (Å²) >= 11 is 0. The maximum Gasteiger partial charge on any atom is 0.191 e. The van der Waals surface area contributed by atoms with Gasteiger partial charge in [0.05, 0.1) is 6.54 Å². The Morgan fingerprint density at radius 1 is 1.19 bits per heavy atom. The number of nitrogens with one attached hydrogen (secondary N) is 3. The molecule has 27 heavy (non-hydrogen) atoms. The molecule has 2 rings (SSSR count). The van der Waals surface area contributed by atoms with Crippen molar-refractivity contribution < 1.29 is 4.39 Å². The van der Waals surface area contributed by atoms with E-state index in [0.717, 1.165) is 58.1 Å². The highest BCUT2D eigenvalue weighted by Crippen LogP contribution is 2.14. The molecule has 1 aromatic carbocycles. The molecule has 0 aliphatic carbocycles. The zero-order valence-corrected chi connectivity index (χ0v) is 17.3. The summed E-state index contributed by atoms with van der Waals surface area (Å²) < 4.78 is 13.0. The average molecular weight is 378 g/mol. The zero-order chi connectivity index (χ0) is 19.7. The summed E-state index contributed by atoms with van der Waals surface area (Å²) in [6.07, 6.45) is 2.18. The maximum atomic E-state index is 13.0. The molecule has 5 nitrogen and oxygen atoms in total. The molecular weight excluding hydrogens is 341 g/mol. The molecule has 1 aliphatic heterocycles. The molecule has 6 heteroatoms. The van der Waals surface area contributed by atoms with Crippen LogP contribution in [-0.2, 0) is 6.54 Å². The quantitative estimate of drug-likeness (QED) is 0.389. The number of piperidine rings is 1. The fraction of sp³-hybridized carbons (Fsp3) is 0.667. The van der Waals surface area contributed by atoms with Crippen molar-refractivity contribution in [3.8, 4) is 0 Å².